The Morgan fingerprint density at radius 1 is 1.26 bits per heavy atom. The molecule has 1 aromatic heterocycles. The van der Waals surface area contributed by atoms with Crippen molar-refractivity contribution in [3.05, 3.63) is 39.8 Å². The van der Waals surface area contributed by atoms with Crippen molar-refractivity contribution >= 4 is 29.0 Å². The third-order valence-corrected chi connectivity index (χ3v) is 3.08. The first-order valence-corrected chi connectivity index (χ1v) is 6.52. The molecule has 0 aliphatic heterocycles. The number of hydrogen-bond acceptors (Lipinski definition) is 3. The molecule has 1 N–H and O–H groups in total. The summed E-state index contributed by atoms with van der Waals surface area (Å²) in [5, 5.41) is 3.82. The molecule has 1 aromatic carbocycles. The molecule has 0 saturated heterocycles. The van der Waals surface area contributed by atoms with Gasteiger partial charge in [0.15, 0.2) is 17.5 Å². The van der Waals surface area contributed by atoms with E-state index in [4.69, 9.17) is 23.2 Å². The zero-order valence-corrected chi connectivity index (χ0v) is 12.0. The normalized spacial score (nSPS) is 10.6. The highest BCUT2D eigenvalue weighted by Gasteiger charge is 2.14. The largest absolute Gasteiger partial charge is 0.368 e. The zero-order valence-electron chi connectivity index (χ0n) is 10.5. The average molecular weight is 300 g/mol. The smallest absolute Gasteiger partial charge is 0.186 e. The van der Waals surface area contributed by atoms with Crippen LogP contribution in [0, 0.1) is 12.7 Å². The lowest BCUT2D eigenvalue weighted by Crippen LogP contribution is -2.07. The van der Waals surface area contributed by atoms with E-state index in [-0.39, 0.29) is 11.5 Å². The van der Waals surface area contributed by atoms with E-state index in [0.717, 1.165) is 0 Å². The van der Waals surface area contributed by atoms with E-state index in [2.05, 4.69) is 15.3 Å². The van der Waals surface area contributed by atoms with Crippen molar-refractivity contribution in [2.24, 2.45) is 0 Å². The van der Waals surface area contributed by atoms with Gasteiger partial charge in [0.25, 0.3) is 0 Å². The third kappa shape index (κ3) is 2.96. The number of anilines is 1. The van der Waals surface area contributed by atoms with E-state index in [1.807, 2.05) is 6.92 Å². The van der Waals surface area contributed by atoms with Gasteiger partial charge < -0.3 is 5.32 Å². The topological polar surface area (TPSA) is 37.8 Å². The lowest BCUT2D eigenvalue weighted by molar-refractivity contribution is 0.606. The Labute approximate surface area is 120 Å². The van der Waals surface area contributed by atoms with E-state index in [9.17, 15) is 4.39 Å². The fourth-order valence-corrected chi connectivity index (χ4v) is 2.13. The molecule has 0 aliphatic rings. The van der Waals surface area contributed by atoms with Gasteiger partial charge in [-0.25, -0.2) is 14.4 Å². The van der Waals surface area contributed by atoms with E-state index in [0.29, 0.717) is 28.0 Å². The van der Waals surface area contributed by atoms with Gasteiger partial charge in [0.05, 0.1) is 10.7 Å². The number of benzene rings is 1. The lowest BCUT2D eigenvalue weighted by Gasteiger charge is -2.10. The SMILES string of the molecule is CCNc1nc(-c2ccc(Cl)cc2Cl)nc(C)c1F. The maximum atomic E-state index is 13.8. The van der Waals surface area contributed by atoms with Crippen molar-refractivity contribution in [3.8, 4) is 11.4 Å². The summed E-state index contributed by atoms with van der Waals surface area (Å²) in [5.74, 6) is 0.100. The first-order valence-electron chi connectivity index (χ1n) is 5.76. The molecule has 0 amide bonds. The maximum Gasteiger partial charge on any atom is 0.186 e. The number of aryl methyl sites for hydroxylation is 1. The number of nitrogens with zero attached hydrogens (tertiary/aromatic N) is 2. The fourth-order valence-electron chi connectivity index (χ4n) is 1.64. The minimum Gasteiger partial charge on any atom is -0.368 e. The molecular weight excluding hydrogens is 288 g/mol. The molecule has 19 heavy (non-hydrogen) atoms. The average Bonchev–Trinajstić information content (AvgIpc) is 2.35. The van der Waals surface area contributed by atoms with Gasteiger partial charge in [-0.3, -0.25) is 0 Å². The van der Waals surface area contributed by atoms with Crippen LogP contribution in [0.4, 0.5) is 10.2 Å². The number of hydrogen-bond donors (Lipinski definition) is 1. The van der Waals surface area contributed by atoms with Gasteiger partial charge in [-0.2, -0.15) is 0 Å². The van der Waals surface area contributed by atoms with Crippen molar-refractivity contribution in [1.29, 1.82) is 0 Å². The second-order valence-corrected chi connectivity index (χ2v) is 4.79. The van der Waals surface area contributed by atoms with Crippen molar-refractivity contribution in [2.45, 2.75) is 13.8 Å². The quantitative estimate of drug-likeness (QED) is 0.916. The van der Waals surface area contributed by atoms with Gasteiger partial charge in [0.2, 0.25) is 0 Å². The molecule has 2 rings (SSSR count). The van der Waals surface area contributed by atoms with Crippen molar-refractivity contribution in [3.63, 3.8) is 0 Å². The van der Waals surface area contributed by atoms with Crippen molar-refractivity contribution < 1.29 is 4.39 Å². The molecule has 6 heteroatoms. The first-order chi connectivity index (χ1) is 9.02. The van der Waals surface area contributed by atoms with Crippen LogP contribution >= 0.6 is 23.2 Å². The highest BCUT2D eigenvalue weighted by atomic mass is 35.5. The van der Waals surface area contributed by atoms with E-state index < -0.39 is 5.82 Å². The van der Waals surface area contributed by atoms with Crippen molar-refractivity contribution in [1.82, 2.24) is 9.97 Å². The van der Waals surface area contributed by atoms with Crippen molar-refractivity contribution in [2.75, 3.05) is 11.9 Å². The van der Waals surface area contributed by atoms with Crippen LogP contribution in [0.1, 0.15) is 12.6 Å². The van der Waals surface area contributed by atoms with Crippen LogP contribution in [-0.2, 0) is 0 Å². The highest BCUT2D eigenvalue weighted by Crippen LogP contribution is 2.29. The van der Waals surface area contributed by atoms with Gasteiger partial charge in [0, 0.05) is 17.1 Å². The molecule has 0 bridgehead atoms. The van der Waals surface area contributed by atoms with Gasteiger partial charge in [-0.1, -0.05) is 23.2 Å². The van der Waals surface area contributed by atoms with Gasteiger partial charge in [-0.05, 0) is 32.0 Å². The molecule has 1 heterocycles. The number of rotatable bonds is 3. The minimum atomic E-state index is -0.448. The summed E-state index contributed by atoms with van der Waals surface area (Å²) in [6.07, 6.45) is 0. The molecule has 0 fully saturated rings. The molecule has 0 unspecified atom stereocenters. The Morgan fingerprint density at radius 2 is 2.00 bits per heavy atom. The molecule has 100 valence electrons. The Balaban J connectivity index is 2.56. The monoisotopic (exact) mass is 299 g/mol. The molecule has 0 spiro atoms. The molecule has 0 atom stereocenters. The number of aromatic nitrogens is 2. The molecular formula is C13H12Cl2FN3. The summed E-state index contributed by atoms with van der Waals surface area (Å²) in [5.41, 5.74) is 0.889. The number of halogens is 3. The third-order valence-electron chi connectivity index (χ3n) is 2.53. The van der Waals surface area contributed by atoms with Crippen LogP contribution < -0.4 is 5.32 Å². The van der Waals surface area contributed by atoms with Gasteiger partial charge in [-0.15, -0.1) is 0 Å². The van der Waals surface area contributed by atoms with E-state index >= 15 is 0 Å². The standard InChI is InChI=1S/C13H12Cl2FN3/c1-3-17-13-11(16)7(2)18-12(19-13)9-5-4-8(14)6-10(9)15/h4-6H,3H2,1-2H3,(H,17,18,19). The molecule has 2 aromatic rings. The van der Waals surface area contributed by atoms with E-state index in [1.165, 1.54) is 0 Å². The molecule has 0 aliphatic carbocycles. The van der Waals surface area contributed by atoms with Gasteiger partial charge in [0.1, 0.15) is 0 Å². The summed E-state index contributed by atoms with van der Waals surface area (Å²) in [4.78, 5) is 8.28. The minimum absolute atomic E-state index is 0.177. The zero-order chi connectivity index (χ0) is 14.0. The second kappa shape index (κ2) is 5.72. The summed E-state index contributed by atoms with van der Waals surface area (Å²) in [6, 6.07) is 5.01. The van der Waals surface area contributed by atoms with E-state index in [1.54, 1.807) is 25.1 Å². The predicted molar refractivity (Wildman–Crippen MR) is 76.3 cm³/mol. The maximum absolute atomic E-state index is 13.8. The number of nitrogens with one attached hydrogen (secondary N) is 1. The second-order valence-electron chi connectivity index (χ2n) is 3.95. The first kappa shape index (κ1) is 14.0. The Bertz CT molecular complexity index is 617. The lowest BCUT2D eigenvalue weighted by atomic mass is 10.2. The Kier molecular flexibility index (Phi) is 4.22. The Hall–Kier alpha value is -1.39. The predicted octanol–water partition coefficient (Wildman–Crippen LogP) is 4.33. The van der Waals surface area contributed by atoms with Crippen LogP contribution in [0.3, 0.4) is 0 Å². The summed E-state index contributed by atoms with van der Waals surface area (Å²) >= 11 is 12.0. The summed E-state index contributed by atoms with van der Waals surface area (Å²) in [6.45, 7) is 4.03. The van der Waals surface area contributed by atoms with Crippen LogP contribution in [-0.4, -0.2) is 16.5 Å². The van der Waals surface area contributed by atoms with Gasteiger partial charge >= 0.3 is 0 Å². The van der Waals surface area contributed by atoms with Crippen LogP contribution in [0.2, 0.25) is 10.0 Å². The molecule has 3 nitrogen and oxygen atoms in total. The highest BCUT2D eigenvalue weighted by molar-refractivity contribution is 6.36. The summed E-state index contributed by atoms with van der Waals surface area (Å²) < 4.78 is 13.8. The molecule has 0 radical (unpaired) electrons. The van der Waals surface area contributed by atoms with Crippen LogP contribution in [0.25, 0.3) is 11.4 Å². The van der Waals surface area contributed by atoms with Crippen LogP contribution in [0.15, 0.2) is 18.2 Å². The fraction of sp³-hybridized carbons (Fsp3) is 0.231. The van der Waals surface area contributed by atoms with Crippen LogP contribution in [0.5, 0.6) is 0 Å². The summed E-state index contributed by atoms with van der Waals surface area (Å²) in [7, 11) is 0. The Morgan fingerprint density at radius 3 is 2.63 bits per heavy atom. The molecule has 0 saturated carbocycles.